The van der Waals surface area contributed by atoms with Crippen LogP contribution >= 0.6 is 0 Å². The van der Waals surface area contributed by atoms with E-state index in [1.807, 2.05) is 17.9 Å². The monoisotopic (exact) mass is 221 g/mol. The summed E-state index contributed by atoms with van der Waals surface area (Å²) in [6.45, 7) is 3.35. The number of hydrogen-bond donors (Lipinski definition) is 1. The van der Waals surface area contributed by atoms with Gasteiger partial charge in [0.05, 0.1) is 5.92 Å². The summed E-state index contributed by atoms with van der Waals surface area (Å²) in [6.07, 6.45) is 3.11. The van der Waals surface area contributed by atoms with E-state index in [-0.39, 0.29) is 5.92 Å². The number of rotatable bonds is 3. The Balaban J connectivity index is 2.11. The molecule has 1 aromatic rings. The molecule has 1 aliphatic rings. The number of anilines is 1. The van der Waals surface area contributed by atoms with Gasteiger partial charge in [-0.25, -0.2) is 9.97 Å². The zero-order valence-corrected chi connectivity index (χ0v) is 9.26. The predicted octanol–water partition coefficient (Wildman–Crippen LogP) is 0.950. The number of nitrogens with zero attached hydrogens (tertiary/aromatic N) is 3. The number of aryl methyl sites for hydroxylation is 1. The van der Waals surface area contributed by atoms with E-state index in [2.05, 4.69) is 9.97 Å². The third-order valence-electron chi connectivity index (χ3n) is 2.93. The van der Waals surface area contributed by atoms with Crippen molar-refractivity contribution < 1.29 is 9.90 Å². The second kappa shape index (κ2) is 4.47. The van der Waals surface area contributed by atoms with Gasteiger partial charge in [-0.15, -0.1) is 0 Å². The normalized spacial score (nSPS) is 20.1. The molecule has 16 heavy (non-hydrogen) atoms. The fourth-order valence-electron chi connectivity index (χ4n) is 1.92. The van der Waals surface area contributed by atoms with Crippen LogP contribution < -0.4 is 4.90 Å². The average molecular weight is 221 g/mol. The van der Waals surface area contributed by atoms with Gasteiger partial charge in [-0.1, -0.05) is 6.92 Å². The molecule has 0 aliphatic carbocycles. The fourth-order valence-corrected chi connectivity index (χ4v) is 1.92. The summed E-state index contributed by atoms with van der Waals surface area (Å²) in [7, 11) is 0. The molecule has 1 saturated heterocycles. The molecule has 1 aromatic heterocycles. The van der Waals surface area contributed by atoms with Crippen molar-refractivity contribution in [2.24, 2.45) is 5.92 Å². The van der Waals surface area contributed by atoms with Crippen LogP contribution in [-0.4, -0.2) is 34.1 Å². The summed E-state index contributed by atoms with van der Waals surface area (Å²) >= 11 is 0. The highest BCUT2D eigenvalue weighted by atomic mass is 16.4. The molecule has 1 fully saturated rings. The molecule has 0 bridgehead atoms. The Bertz CT molecular complexity index is 395. The highest BCUT2D eigenvalue weighted by Gasteiger charge is 2.28. The Kier molecular flexibility index (Phi) is 3.03. The number of carboxylic acids is 1. The van der Waals surface area contributed by atoms with Crippen molar-refractivity contribution in [2.45, 2.75) is 19.8 Å². The van der Waals surface area contributed by atoms with Crippen LogP contribution in [0.4, 0.5) is 5.82 Å². The van der Waals surface area contributed by atoms with Crippen molar-refractivity contribution in [3.05, 3.63) is 18.1 Å². The van der Waals surface area contributed by atoms with Gasteiger partial charge < -0.3 is 10.0 Å². The Morgan fingerprint density at radius 1 is 1.62 bits per heavy atom. The summed E-state index contributed by atoms with van der Waals surface area (Å²) in [5.74, 6) is -0.136. The third-order valence-corrected chi connectivity index (χ3v) is 2.93. The van der Waals surface area contributed by atoms with E-state index in [0.29, 0.717) is 13.0 Å². The van der Waals surface area contributed by atoms with Gasteiger partial charge in [0.2, 0.25) is 0 Å². The Morgan fingerprint density at radius 2 is 2.44 bits per heavy atom. The molecule has 0 unspecified atom stereocenters. The molecule has 5 heteroatoms. The van der Waals surface area contributed by atoms with Gasteiger partial charge in [0.25, 0.3) is 0 Å². The van der Waals surface area contributed by atoms with Gasteiger partial charge in [0.1, 0.15) is 12.1 Å². The fraction of sp³-hybridized carbons (Fsp3) is 0.545. The van der Waals surface area contributed by atoms with Gasteiger partial charge in [-0.05, 0) is 12.8 Å². The van der Waals surface area contributed by atoms with Crippen LogP contribution in [0.2, 0.25) is 0 Å². The summed E-state index contributed by atoms with van der Waals surface area (Å²) in [6, 6.07) is 1.93. The molecule has 1 aliphatic heterocycles. The van der Waals surface area contributed by atoms with E-state index >= 15 is 0 Å². The predicted molar refractivity (Wildman–Crippen MR) is 59.4 cm³/mol. The molecule has 1 N–H and O–H groups in total. The summed E-state index contributed by atoms with van der Waals surface area (Å²) in [5.41, 5.74) is 0.990. The topological polar surface area (TPSA) is 66.3 Å². The van der Waals surface area contributed by atoms with Crippen molar-refractivity contribution in [3.8, 4) is 0 Å². The lowest BCUT2D eigenvalue weighted by molar-refractivity contribution is -0.140. The molecule has 0 aromatic carbocycles. The number of aliphatic carboxylic acids is 1. The lowest BCUT2D eigenvalue weighted by Crippen LogP contribution is -2.23. The molecule has 0 amide bonds. The van der Waals surface area contributed by atoms with E-state index in [1.54, 1.807) is 6.33 Å². The Hall–Kier alpha value is -1.65. The lowest BCUT2D eigenvalue weighted by Gasteiger charge is -2.16. The van der Waals surface area contributed by atoms with Gasteiger partial charge in [-0.2, -0.15) is 0 Å². The molecule has 0 saturated carbocycles. The zero-order valence-electron chi connectivity index (χ0n) is 9.26. The summed E-state index contributed by atoms with van der Waals surface area (Å²) in [5, 5.41) is 8.92. The van der Waals surface area contributed by atoms with Gasteiger partial charge in [0, 0.05) is 24.8 Å². The van der Waals surface area contributed by atoms with Crippen LogP contribution in [0.3, 0.4) is 0 Å². The van der Waals surface area contributed by atoms with Gasteiger partial charge >= 0.3 is 5.97 Å². The third kappa shape index (κ3) is 2.13. The molecule has 2 heterocycles. The smallest absolute Gasteiger partial charge is 0.308 e. The van der Waals surface area contributed by atoms with E-state index in [9.17, 15) is 4.79 Å². The minimum absolute atomic E-state index is 0.264. The first kappa shape index (κ1) is 10.9. The molecule has 5 nitrogen and oxygen atoms in total. The van der Waals surface area contributed by atoms with Crippen LogP contribution in [0.25, 0.3) is 0 Å². The number of hydrogen-bond acceptors (Lipinski definition) is 4. The van der Waals surface area contributed by atoms with E-state index in [0.717, 1.165) is 24.5 Å². The van der Waals surface area contributed by atoms with Crippen molar-refractivity contribution >= 4 is 11.8 Å². The second-order valence-electron chi connectivity index (χ2n) is 3.99. The van der Waals surface area contributed by atoms with Gasteiger partial charge in [0.15, 0.2) is 0 Å². The standard InChI is InChI=1S/C11H15N3O2/c1-2-9-5-10(13-7-12-9)14-4-3-8(6-14)11(15)16/h5,7-8H,2-4,6H2,1H3,(H,15,16)/t8-/m1/s1. The maximum absolute atomic E-state index is 10.8. The molecule has 2 rings (SSSR count). The van der Waals surface area contributed by atoms with Crippen LogP contribution in [0.5, 0.6) is 0 Å². The number of aromatic nitrogens is 2. The first-order valence-electron chi connectivity index (χ1n) is 5.49. The largest absolute Gasteiger partial charge is 0.481 e. The quantitative estimate of drug-likeness (QED) is 0.823. The Labute approximate surface area is 94.1 Å². The van der Waals surface area contributed by atoms with Crippen LogP contribution in [0.15, 0.2) is 12.4 Å². The highest BCUT2D eigenvalue weighted by molar-refractivity contribution is 5.71. The van der Waals surface area contributed by atoms with Crippen LogP contribution in [0.1, 0.15) is 19.0 Å². The van der Waals surface area contributed by atoms with Crippen molar-refractivity contribution in [2.75, 3.05) is 18.0 Å². The molecular weight excluding hydrogens is 206 g/mol. The van der Waals surface area contributed by atoms with E-state index in [1.165, 1.54) is 0 Å². The summed E-state index contributed by atoms with van der Waals surface area (Å²) < 4.78 is 0. The maximum atomic E-state index is 10.8. The van der Waals surface area contributed by atoms with Crippen molar-refractivity contribution in [1.82, 2.24) is 9.97 Å². The summed E-state index contributed by atoms with van der Waals surface area (Å²) in [4.78, 5) is 21.2. The lowest BCUT2D eigenvalue weighted by atomic mass is 10.1. The molecule has 0 spiro atoms. The molecule has 1 atom stereocenters. The molecule has 86 valence electrons. The number of carboxylic acid groups (broad SMARTS) is 1. The van der Waals surface area contributed by atoms with E-state index < -0.39 is 5.97 Å². The zero-order chi connectivity index (χ0) is 11.5. The van der Waals surface area contributed by atoms with Crippen molar-refractivity contribution in [1.29, 1.82) is 0 Å². The van der Waals surface area contributed by atoms with Crippen molar-refractivity contribution in [3.63, 3.8) is 0 Å². The molecule has 0 radical (unpaired) electrons. The first-order chi connectivity index (χ1) is 7.70. The maximum Gasteiger partial charge on any atom is 0.308 e. The van der Waals surface area contributed by atoms with Crippen LogP contribution in [0, 0.1) is 5.92 Å². The Morgan fingerprint density at radius 3 is 3.06 bits per heavy atom. The highest BCUT2D eigenvalue weighted by Crippen LogP contribution is 2.22. The molecular formula is C11H15N3O2. The minimum Gasteiger partial charge on any atom is -0.481 e. The van der Waals surface area contributed by atoms with Gasteiger partial charge in [-0.3, -0.25) is 4.79 Å². The number of carbonyl (C=O) groups is 1. The minimum atomic E-state index is -0.715. The first-order valence-corrected chi connectivity index (χ1v) is 5.49. The van der Waals surface area contributed by atoms with E-state index in [4.69, 9.17) is 5.11 Å². The SMILES string of the molecule is CCc1cc(N2CC[C@@H](C(=O)O)C2)ncn1. The second-order valence-corrected chi connectivity index (χ2v) is 3.99. The average Bonchev–Trinajstić information content (AvgIpc) is 2.78. The van der Waals surface area contributed by atoms with Crippen LogP contribution in [-0.2, 0) is 11.2 Å².